The molecular formula is C19H14O3. The maximum absolute atomic E-state index is 13.0. The van der Waals surface area contributed by atoms with Gasteiger partial charge < -0.3 is 4.42 Å². The average molecular weight is 290 g/mol. The van der Waals surface area contributed by atoms with Gasteiger partial charge in [0.1, 0.15) is 5.76 Å². The fourth-order valence-corrected chi connectivity index (χ4v) is 2.56. The monoisotopic (exact) mass is 290 g/mol. The smallest absolute Gasteiger partial charge is 0.201 e. The van der Waals surface area contributed by atoms with E-state index in [1.54, 1.807) is 19.1 Å². The van der Waals surface area contributed by atoms with E-state index in [4.69, 9.17) is 4.42 Å². The quantitative estimate of drug-likeness (QED) is 0.682. The van der Waals surface area contributed by atoms with Gasteiger partial charge in [-0.05, 0) is 18.1 Å². The molecule has 0 fully saturated rings. The van der Waals surface area contributed by atoms with Crippen molar-refractivity contribution in [2.75, 3.05) is 0 Å². The van der Waals surface area contributed by atoms with E-state index in [1.807, 2.05) is 48.5 Å². The predicted octanol–water partition coefficient (Wildman–Crippen LogP) is 4.09. The summed E-state index contributed by atoms with van der Waals surface area (Å²) in [4.78, 5) is 24.3. The van der Waals surface area contributed by atoms with Crippen LogP contribution in [0.4, 0.5) is 0 Å². The minimum atomic E-state index is -0.191. The molecule has 0 atom stereocenters. The van der Waals surface area contributed by atoms with Gasteiger partial charge in [-0.2, -0.15) is 0 Å². The summed E-state index contributed by atoms with van der Waals surface area (Å²) in [7, 11) is 0. The number of carbonyl (C=O) groups is 1. The molecular weight excluding hydrogens is 276 g/mol. The van der Waals surface area contributed by atoms with E-state index < -0.39 is 0 Å². The number of hydrogen-bond acceptors (Lipinski definition) is 3. The summed E-state index contributed by atoms with van der Waals surface area (Å²) in [5.74, 6) is 0.506. The number of rotatable bonds is 3. The Morgan fingerprint density at radius 1 is 0.818 bits per heavy atom. The van der Waals surface area contributed by atoms with Crippen molar-refractivity contribution in [2.24, 2.45) is 0 Å². The molecule has 2 aromatic carbocycles. The van der Waals surface area contributed by atoms with Crippen LogP contribution in [0, 0.1) is 6.92 Å². The maximum Gasteiger partial charge on any atom is 0.201 e. The van der Waals surface area contributed by atoms with Crippen molar-refractivity contribution in [3.05, 3.63) is 82.4 Å². The van der Waals surface area contributed by atoms with Crippen LogP contribution in [0.2, 0.25) is 0 Å². The standard InChI is InChI=1S/C19H14O3/c1-13-17(14-8-4-2-5-9-14)19(21)18(16(12-20)22-13)15-10-6-3-7-11-15/h2-12H,1H3. The number of aldehydes is 1. The zero-order chi connectivity index (χ0) is 15.5. The molecule has 3 nitrogen and oxygen atoms in total. The number of hydrogen-bond donors (Lipinski definition) is 0. The Morgan fingerprint density at radius 3 is 1.82 bits per heavy atom. The maximum atomic E-state index is 13.0. The zero-order valence-electron chi connectivity index (χ0n) is 12.1. The Balaban J connectivity index is 2.36. The highest BCUT2D eigenvalue weighted by molar-refractivity contribution is 5.86. The summed E-state index contributed by atoms with van der Waals surface area (Å²) in [6, 6.07) is 18.4. The second kappa shape index (κ2) is 5.82. The normalized spacial score (nSPS) is 10.4. The number of carbonyl (C=O) groups excluding carboxylic acids is 1. The van der Waals surface area contributed by atoms with Gasteiger partial charge in [0.05, 0.1) is 11.1 Å². The van der Waals surface area contributed by atoms with Gasteiger partial charge in [-0.15, -0.1) is 0 Å². The minimum Gasteiger partial charge on any atom is -0.457 e. The van der Waals surface area contributed by atoms with E-state index >= 15 is 0 Å². The van der Waals surface area contributed by atoms with E-state index in [9.17, 15) is 9.59 Å². The Morgan fingerprint density at radius 2 is 1.32 bits per heavy atom. The molecule has 0 aliphatic rings. The van der Waals surface area contributed by atoms with Crippen LogP contribution < -0.4 is 5.43 Å². The van der Waals surface area contributed by atoms with Crippen LogP contribution in [0.3, 0.4) is 0 Å². The first-order valence-electron chi connectivity index (χ1n) is 6.96. The minimum absolute atomic E-state index is 0.0633. The molecule has 22 heavy (non-hydrogen) atoms. The zero-order valence-corrected chi connectivity index (χ0v) is 12.1. The topological polar surface area (TPSA) is 47.3 Å². The van der Waals surface area contributed by atoms with Gasteiger partial charge >= 0.3 is 0 Å². The van der Waals surface area contributed by atoms with Crippen molar-refractivity contribution in [3.63, 3.8) is 0 Å². The lowest BCUT2D eigenvalue weighted by molar-refractivity contribution is 0.109. The van der Waals surface area contributed by atoms with E-state index in [0.29, 0.717) is 28.7 Å². The predicted molar refractivity (Wildman–Crippen MR) is 86.0 cm³/mol. The molecule has 0 saturated heterocycles. The molecule has 0 radical (unpaired) electrons. The second-order valence-electron chi connectivity index (χ2n) is 4.95. The first kappa shape index (κ1) is 14.0. The first-order valence-corrected chi connectivity index (χ1v) is 6.96. The molecule has 3 rings (SSSR count). The van der Waals surface area contributed by atoms with Crippen molar-refractivity contribution in [1.82, 2.24) is 0 Å². The fourth-order valence-electron chi connectivity index (χ4n) is 2.56. The Bertz CT molecular complexity index is 862. The molecule has 3 heteroatoms. The third kappa shape index (κ3) is 2.37. The van der Waals surface area contributed by atoms with Gasteiger partial charge in [0.15, 0.2) is 12.0 Å². The van der Waals surface area contributed by atoms with Crippen LogP contribution >= 0.6 is 0 Å². The lowest BCUT2D eigenvalue weighted by atomic mass is 9.98. The summed E-state index contributed by atoms with van der Waals surface area (Å²) < 4.78 is 5.61. The van der Waals surface area contributed by atoms with Crippen LogP contribution in [0.1, 0.15) is 16.3 Å². The number of benzene rings is 2. The average Bonchev–Trinajstić information content (AvgIpc) is 2.56. The third-order valence-corrected chi connectivity index (χ3v) is 3.55. The Kier molecular flexibility index (Phi) is 3.71. The SMILES string of the molecule is Cc1oc(C=O)c(-c2ccccc2)c(=O)c1-c1ccccc1. The van der Waals surface area contributed by atoms with Gasteiger partial charge in [0, 0.05) is 0 Å². The molecule has 0 saturated carbocycles. The molecule has 0 N–H and O–H groups in total. The molecule has 3 aromatic rings. The third-order valence-electron chi connectivity index (χ3n) is 3.55. The molecule has 0 bridgehead atoms. The summed E-state index contributed by atoms with van der Waals surface area (Å²) in [5.41, 5.74) is 2.06. The molecule has 108 valence electrons. The van der Waals surface area contributed by atoms with E-state index in [2.05, 4.69) is 0 Å². The van der Waals surface area contributed by atoms with Crippen LogP contribution in [-0.2, 0) is 0 Å². The van der Waals surface area contributed by atoms with Crippen molar-refractivity contribution in [2.45, 2.75) is 6.92 Å². The molecule has 0 unspecified atom stereocenters. The summed E-state index contributed by atoms with van der Waals surface area (Å²) in [6.45, 7) is 1.70. The Hall–Kier alpha value is -2.94. The highest BCUT2D eigenvalue weighted by Crippen LogP contribution is 2.26. The van der Waals surface area contributed by atoms with Gasteiger partial charge in [-0.3, -0.25) is 9.59 Å². The second-order valence-corrected chi connectivity index (χ2v) is 4.95. The molecule has 0 amide bonds. The van der Waals surface area contributed by atoms with Crippen LogP contribution in [0.25, 0.3) is 22.3 Å². The van der Waals surface area contributed by atoms with E-state index in [0.717, 1.165) is 5.56 Å². The van der Waals surface area contributed by atoms with Crippen LogP contribution in [0.15, 0.2) is 69.9 Å². The summed E-state index contributed by atoms with van der Waals surface area (Å²) in [6.07, 6.45) is 0.589. The highest BCUT2D eigenvalue weighted by atomic mass is 16.3. The van der Waals surface area contributed by atoms with Crippen molar-refractivity contribution < 1.29 is 9.21 Å². The van der Waals surface area contributed by atoms with Crippen molar-refractivity contribution >= 4 is 6.29 Å². The largest absolute Gasteiger partial charge is 0.457 e. The fraction of sp³-hybridized carbons (Fsp3) is 0.0526. The number of aryl methyl sites for hydroxylation is 1. The van der Waals surface area contributed by atoms with E-state index in [-0.39, 0.29) is 11.2 Å². The van der Waals surface area contributed by atoms with Gasteiger partial charge in [0.2, 0.25) is 5.43 Å². The van der Waals surface area contributed by atoms with Crippen molar-refractivity contribution in [1.29, 1.82) is 0 Å². The lowest BCUT2D eigenvalue weighted by Crippen LogP contribution is -2.13. The lowest BCUT2D eigenvalue weighted by Gasteiger charge is -2.10. The van der Waals surface area contributed by atoms with Gasteiger partial charge in [-0.1, -0.05) is 60.7 Å². The molecule has 0 spiro atoms. The first-order chi connectivity index (χ1) is 10.7. The molecule has 1 heterocycles. The van der Waals surface area contributed by atoms with Crippen molar-refractivity contribution in [3.8, 4) is 22.3 Å². The highest BCUT2D eigenvalue weighted by Gasteiger charge is 2.19. The molecule has 0 aliphatic carbocycles. The summed E-state index contributed by atoms with van der Waals surface area (Å²) in [5, 5.41) is 0. The van der Waals surface area contributed by atoms with E-state index in [1.165, 1.54) is 0 Å². The molecule has 0 aliphatic heterocycles. The van der Waals surface area contributed by atoms with Gasteiger partial charge in [0.25, 0.3) is 0 Å². The van der Waals surface area contributed by atoms with Crippen LogP contribution in [-0.4, -0.2) is 6.29 Å². The summed E-state index contributed by atoms with van der Waals surface area (Å²) >= 11 is 0. The Labute approximate surface area is 127 Å². The van der Waals surface area contributed by atoms with Crippen LogP contribution in [0.5, 0.6) is 0 Å². The molecule has 1 aromatic heterocycles. The van der Waals surface area contributed by atoms with Gasteiger partial charge in [-0.25, -0.2) is 0 Å².